The Hall–Kier alpha value is -0.780. The predicted molar refractivity (Wildman–Crippen MR) is 54.2 cm³/mol. The van der Waals surface area contributed by atoms with Crippen LogP contribution in [0.4, 0.5) is 13.2 Å². The van der Waals surface area contributed by atoms with Crippen molar-refractivity contribution in [1.29, 1.82) is 0 Å². The van der Waals surface area contributed by atoms with Gasteiger partial charge in [0.05, 0.1) is 6.54 Å². The summed E-state index contributed by atoms with van der Waals surface area (Å²) >= 11 is 0. The Balaban J connectivity index is 1.98. The Morgan fingerprint density at radius 3 is 2.59 bits per heavy atom. The number of hydrogen-bond acceptors (Lipinski definition) is 2. The first-order valence-corrected chi connectivity index (χ1v) is 5.89. The first kappa shape index (κ1) is 12.7. The molecule has 1 saturated carbocycles. The molecule has 98 valence electrons. The molecule has 1 atom stereocenters. The summed E-state index contributed by atoms with van der Waals surface area (Å²) in [6.07, 6.45) is -2.47. The lowest BCUT2D eigenvalue weighted by atomic mass is 9.92. The molecule has 1 amide bonds. The molecule has 2 fully saturated rings. The predicted octanol–water partition coefficient (Wildman–Crippen LogP) is 1.70. The molecule has 1 unspecified atom stereocenters. The van der Waals surface area contributed by atoms with Crippen LogP contribution in [0.1, 0.15) is 32.1 Å². The van der Waals surface area contributed by atoms with Gasteiger partial charge < -0.3 is 10.0 Å². The van der Waals surface area contributed by atoms with Crippen molar-refractivity contribution >= 4 is 5.91 Å². The van der Waals surface area contributed by atoms with Gasteiger partial charge >= 0.3 is 6.18 Å². The van der Waals surface area contributed by atoms with Gasteiger partial charge in [-0.25, -0.2) is 0 Å². The van der Waals surface area contributed by atoms with E-state index in [0.29, 0.717) is 18.9 Å². The van der Waals surface area contributed by atoms with Gasteiger partial charge in [0.2, 0.25) is 5.91 Å². The smallest absolute Gasteiger partial charge is 0.379 e. The Morgan fingerprint density at radius 2 is 2.06 bits per heavy atom. The van der Waals surface area contributed by atoms with E-state index >= 15 is 0 Å². The number of piperidine rings is 1. The van der Waals surface area contributed by atoms with Gasteiger partial charge in [0.1, 0.15) is 0 Å². The number of carbonyl (C=O) groups is 1. The minimum Gasteiger partial charge on any atom is -0.379 e. The minimum absolute atomic E-state index is 0.201. The number of halogens is 3. The van der Waals surface area contributed by atoms with Gasteiger partial charge in [-0.05, 0) is 31.6 Å². The molecular weight excluding hydrogens is 235 g/mol. The standard InChI is InChI=1S/C11H16F3NO2/c12-11(13,14)10(17)4-1-5-15(7-10)9(16)6-8-2-3-8/h8,17H,1-7H2. The van der Waals surface area contributed by atoms with Crippen LogP contribution in [0.3, 0.4) is 0 Å². The molecule has 0 aromatic heterocycles. The highest BCUT2D eigenvalue weighted by molar-refractivity contribution is 5.77. The number of likely N-dealkylation sites (tertiary alicyclic amines) is 1. The number of aliphatic hydroxyl groups is 1. The number of β-amino-alcohol motifs (C(OH)–C–C–N with tert-alkyl or cyclic N) is 1. The average Bonchev–Trinajstić information content (AvgIpc) is 3.00. The summed E-state index contributed by atoms with van der Waals surface area (Å²) in [6, 6.07) is 0. The van der Waals surface area contributed by atoms with Crippen LogP contribution >= 0.6 is 0 Å². The molecule has 2 aliphatic rings. The van der Waals surface area contributed by atoms with Gasteiger partial charge in [-0.2, -0.15) is 13.2 Å². The van der Waals surface area contributed by atoms with Gasteiger partial charge in [0.25, 0.3) is 0 Å². The summed E-state index contributed by atoms with van der Waals surface area (Å²) < 4.78 is 37.9. The maximum absolute atomic E-state index is 12.6. The van der Waals surface area contributed by atoms with Crippen molar-refractivity contribution < 1.29 is 23.1 Å². The molecule has 17 heavy (non-hydrogen) atoms. The van der Waals surface area contributed by atoms with E-state index in [1.54, 1.807) is 0 Å². The molecule has 0 spiro atoms. The monoisotopic (exact) mass is 251 g/mol. The Morgan fingerprint density at radius 1 is 1.41 bits per heavy atom. The number of amides is 1. The van der Waals surface area contributed by atoms with Crippen LogP contribution < -0.4 is 0 Å². The van der Waals surface area contributed by atoms with Crippen molar-refractivity contribution in [3.05, 3.63) is 0 Å². The second kappa shape index (κ2) is 4.15. The van der Waals surface area contributed by atoms with Crippen LogP contribution in [-0.2, 0) is 4.79 Å². The van der Waals surface area contributed by atoms with E-state index in [1.807, 2.05) is 0 Å². The third-order valence-electron chi connectivity index (χ3n) is 3.51. The minimum atomic E-state index is -4.66. The van der Waals surface area contributed by atoms with Gasteiger partial charge in [-0.1, -0.05) is 0 Å². The second-order valence-electron chi connectivity index (χ2n) is 5.10. The lowest BCUT2D eigenvalue weighted by Crippen LogP contribution is -2.58. The molecule has 2 rings (SSSR count). The first-order valence-electron chi connectivity index (χ1n) is 5.89. The Bertz CT molecular complexity index is 314. The lowest BCUT2D eigenvalue weighted by molar-refractivity contribution is -0.272. The normalized spacial score (nSPS) is 30.5. The highest BCUT2D eigenvalue weighted by atomic mass is 19.4. The summed E-state index contributed by atoms with van der Waals surface area (Å²) in [6.45, 7) is -0.286. The molecule has 0 aromatic rings. The van der Waals surface area contributed by atoms with Crippen LogP contribution in [0.2, 0.25) is 0 Å². The maximum Gasteiger partial charge on any atom is 0.418 e. The van der Waals surface area contributed by atoms with Crippen LogP contribution in [0.25, 0.3) is 0 Å². The van der Waals surface area contributed by atoms with E-state index in [-0.39, 0.29) is 18.7 Å². The van der Waals surface area contributed by atoms with E-state index in [1.165, 1.54) is 0 Å². The number of carbonyl (C=O) groups excluding carboxylic acids is 1. The molecule has 1 aliphatic heterocycles. The van der Waals surface area contributed by atoms with E-state index in [9.17, 15) is 23.1 Å². The molecular formula is C11H16F3NO2. The van der Waals surface area contributed by atoms with Crippen molar-refractivity contribution in [2.45, 2.75) is 43.9 Å². The van der Waals surface area contributed by atoms with Gasteiger partial charge in [0.15, 0.2) is 5.60 Å². The molecule has 1 N–H and O–H groups in total. The number of rotatable bonds is 2. The molecule has 1 saturated heterocycles. The van der Waals surface area contributed by atoms with Gasteiger partial charge in [-0.15, -0.1) is 0 Å². The summed E-state index contributed by atoms with van der Waals surface area (Å²) in [7, 11) is 0. The summed E-state index contributed by atoms with van der Waals surface area (Å²) in [5.74, 6) is 0.0956. The molecule has 1 heterocycles. The van der Waals surface area contributed by atoms with Crippen LogP contribution in [0.5, 0.6) is 0 Å². The fourth-order valence-corrected chi connectivity index (χ4v) is 2.18. The Kier molecular flexibility index (Phi) is 3.10. The zero-order valence-electron chi connectivity index (χ0n) is 9.46. The Labute approximate surface area is 97.6 Å². The van der Waals surface area contributed by atoms with Crippen LogP contribution in [-0.4, -0.2) is 40.8 Å². The molecule has 1 aliphatic carbocycles. The van der Waals surface area contributed by atoms with Gasteiger partial charge in [-0.3, -0.25) is 4.79 Å². The molecule has 0 bridgehead atoms. The molecule has 0 radical (unpaired) electrons. The number of hydrogen-bond donors (Lipinski definition) is 1. The van der Waals surface area contributed by atoms with Crippen molar-refractivity contribution in [2.24, 2.45) is 5.92 Å². The van der Waals surface area contributed by atoms with E-state index < -0.39 is 18.3 Å². The summed E-state index contributed by atoms with van der Waals surface area (Å²) in [5.41, 5.74) is -2.72. The van der Waals surface area contributed by atoms with E-state index in [0.717, 1.165) is 17.7 Å². The third kappa shape index (κ3) is 2.73. The fraction of sp³-hybridized carbons (Fsp3) is 0.909. The maximum atomic E-state index is 12.6. The SMILES string of the molecule is O=C(CC1CC1)N1CCCC(O)(C(F)(F)F)C1. The molecule has 0 aromatic carbocycles. The first-order chi connectivity index (χ1) is 7.82. The topological polar surface area (TPSA) is 40.5 Å². The fourth-order valence-electron chi connectivity index (χ4n) is 2.18. The molecule has 3 nitrogen and oxygen atoms in total. The van der Waals surface area contributed by atoms with E-state index in [4.69, 9.17) is 0 Å². The highest BCUT2D eigenvalue weighted by Crippen LogP contribution is 2.38. The van der Waals surface area contributed by atoms with Crippen molar-refractivity contribution in [2.75, 3.05) is 13.1 Å². The summed E-state index contributed by atoms with van der Waals surface area (Å²) in [5, 5.41) is 9.56. The van der Waals surface area contributed by atoms with Crippen molar-refractivity contribution in [3.8, 4) is 0 Å². The highest BCUT2D eigenvalue weighted by Gasteiger charge is 2.55. The number of alkyl halides is 3. The molecule has 6 heteroatoms. The van der Waals surface area contributed by atoms with Crippen molar-refractivity contribution in [1.82, 2.24) is 4.90 Å². The zero-order chi connectivity index (χ0) is 12.7. The second-order valence-corrected chi connectivity index (χ2v) is 5.10. The average molecular weight is 251 g/mol. The lowest BCUT2D eigenvalue weighted by Gasteiger charge is -2.40. The van der Waals surface area contributed by atoms with Crippen LogP contribution in [0.15, 0.2) is 0 Å². The summed E-state index contributed by atoms with van der Waals surface area (Å²) in [4.78, 5) is 12.9. The number of nitrogens with zero attached hydrogens (tertiary/aromatic N) is 1. The van der Waals surface area contributed by atoms with Gasteiger partial charge in [0, 0.05) is 13.0 Å². The van der Waals surface area contributed by atoms with Crippen molar-refractivity contribution in [3.63, 3.8) is 0 Å². The van der Waals surface area contributed by atoms with E-state index in [2.05, 4.69) is 0 Å². The van der Waals surface area contributed by atoms with Crippen LogP contribution in [0, 0.1) is 5.92 Å². The zero-order valence-corrected chi connectivity index (χ0v) is 9.46. The third-order valence-corrected chi connectivity index (χ3v) is 3.51. The largest absolute Gasteiger partial charge is 0.418 e. The quantitative estimate of drug-likeness (QED) is 0.811.